The summed E-state index contributed by atoms with van der Waals surface area (Å²) in [4.78, 5) is 17.8. The molecule has 0 N–H and O–H groups in total. The fourth-order valence-electron chi connectivity index (χ4n) is 3.36. The quantitative estimate of drug-likeness (QED) is 0.534. The number of hydrogen-bond donors (Lipinski definition) is 0. The van der Waals surface area contributed by atoms with E-state index in [0.29, 0.717) is 30.5 Å². The normalized spacial score (nSPS) is 12.9. The van der Waals surface area contributed by atoms with E-state index in [0.717, 1.165) is 18.2 Å². The minimum atomic E-state index is -4.76. The molecule has 0 saturated heterocycles. The first-order valence-corrected chi connectivity index (χ1v) is 9.69. The molecule has 7 nitrogen and oxygen atoms in total. The highest BCUT2D eigenvalue weighted by Gasteiger charge is 2.34. The van der Waals surface area contributed by atoms with Crippen LogP contribution in [0.1, 0.15) is 16.7 Å². The second-order valence-electron chi connectivity index (χ2n) is 7.28. The summed E-state index contributed by atoms with van der Waals surface area (Å²) in [5.41, 5.74) is -1.78. The van der Waals surface area contributed by atoms with Gasteiger partial charge in [0.05, 0.1) is 17.2 Å². The van der Waals surface area contributed by atoms with Gasteiger partial charge in [-0.05, 0) is 35.9 Å². The molecule has 0 saturated carbocycles. The van der Waals surface area contributed by atoms with Gasteiger partial charge in [0.1, 0.15) is 18.2 Å². The predicted molar refractivity (Wildman–Crippen MR) is 109 cm³/mol. The number of hydrogen-bond acceptors (Lipinski definition) is 6. The lowest BCUT2D eigenvalue weighted by atomic mass is 10.1. The van der Waals surface area contributed by atoms with Crippen molar-refractivity contribution < 1.29 is 27.0 Å². The van der Waals surface area contributed by atoms with E-state index in [9.17, 15) is 22.4 Å². The zero-order valence-corrected chi connectivity index (χ0v) is 17.2. The summed E-state index contributed by atoms with van der Waals surface area (Å²) in [6.07, 6.45) is -4.76. The van der Waals surface area contributed by atoms with Gasteiger partial charge in [-0.2, -0.15) is 23.4 Å². The van der Waals surface area contributed by atoms with Crippen molar-refractivity contribution in [1.82, 2.24) is 9.55 Å². The van der Waals surface area contributed by atoms with Crippen LogP contribution in [0.4, 0.5) is 23.4 Å². The molecule has 4 rings (SSSR count). The highest BCUT2D eigenvalue weighted by atomic mass is 19.4. The Morgan fingerprint density at radius 2 is 1.94 bits per heavy atom. The van der Waals surface area contributed by atoms with Gasteiger partial charge >= 0.3 is 11.9 Å². The van der Waals surface area contributed by atoms with Crippen molar-refractivity contribution in [2.75, 3.05) is 18.5 Å². The molecule has 0 aliphatic carbocycles. The average Bonchev–Trinajstić information content (AvgIpc) is 3.14. The van der Waals surface area contributed by atoms with Gasteiger partial charge in [-0.3, -0.25) is 4.57 Å². The van der Waals surface area contributed by atoms with Crippen LogP contribution in [0.3, 0.4) is 0 Å². The van der Waals surface area contributed by atoms with E-state index < -0.39 is 28.8 Å². The predicted octanol–water partition coefficient (Wildman–Crippen LogP) is 4.09. The molecule has 0 unspecified atom stereocenters. The molecule has 170 valence electrons. The molecule has 11 heteroatoms. The molecule has 3 aromatic rings. The largest absolute Gasteiger partial charge is 0.473 e. The van der Waals surface area contributed by atoms with Crippen LogP contribution in [-0.4, -0.2) is 23.1 Å². The third-order valence-electron chi connectivity index (χ3n) is 5.04. The van der Waals surface area contributed by atoms with Crippen molar-refractivity contribution in [3.63, 3.8) is 0 Å². The van der Waals surface area contributed by atoms with Gasteiger partial charge in [-0.1, -0.05) is 6.07 Å². The van der Waals surface area contributed by atoms with Gasteiger partial charge in [-0.15, -0.1) is 0 Å². The van der Waals surface area contributed by atoms with E-state index in [2.05, 4.69) is 4.98 Å². The third-order valence-corrected chi connectivity index (χ3v) is 5.04. The van der Waals surface area contributed by atoms with Crippen molar-refractivity contribution in [3.05, 3.63) is 75.5 Å². The van der Waals surface area contributed by atoms with Crippen molar-refractivity contribution in [3.8, 4) is 23.4 Å². The summed E-state index contributed by atoms with van der Waals surface area (Å²) in [5, 5.41) is 8.86. The Labute approximate surface area is 185 Å². The number of rotatable bonds is 5. The standard InChI is InChI=1S/C22H16F4N4O3/c1-29-6-7-30-20(29)10-19(28-21(30)31)32-12-13-2-5-18(17(23)8-13)33-15-4-3-14(11-27)16(9-15)22(24,25)26/h2-5,8-10H,6-7,12H2,1H3. The summed E-state index contributed by atoms with van der Waals surface area (Å²) in [5.74, 6) is -0.627. The first-order valence-electron chi connectivity index (χ1n) is 9.69. The van der Waals surface area contributed by atoms with Crippen LogP contribution in [0.15, 0.2) is 47.3 Å². The smallest absolute Gasteiger partial charge is 0.417 e. The Morgan fingerprint density at radius 3 is 2.64 bits per heavy atom. The molecule has 0 bridgehead atoms. The Morgan fingerprint density at radius 1 is 1.15 bits per heavy atom. The zero-order valence-electron chi connectivity index (χ0n) is 17.2. The molecule has 0 radical (unpaired) electrons. The van der Waals surface area contributed by atoms with Crippen LogP contribution < -0.4 is 20.1 Å². The fraction of sp³-hybridized carbons (Fsp3) is 0.227. The van der Waals surface area contributed by atoms with E-state index in [1.54, 1.807) is 6.07 Å². The third kappa shape index (κ3) is 4.59. The number of fused-ring (bicyclic) bond motifs is 1. The molecule has 1 aliphatic rings. The van der Waals surface area contributed by atoms with Gasteiger partial charge in [0.2, 0.25) is 5.88 Å². The lowest BCUT2D eigenvalue weighted by Gasteiger charge is -2.13. The van der Waals surface area contributed by atoms with Crippen LogP contribution in [0, 0.1) is 17.1 Å². The number of benzene rings is 2. The molecule has 0 fully saturated rings. The van der Waals surface area contributed by atoms with Gasteiger partial charge < -0.3 is 14.4 Å². The van der Waals surface area contributed by atoms with Gasteiger partial charge in [-0.25, -0.2) is 9.18 Å². The molecular formula is C22H16F4N4O3. The van der Waals surface area contributed by atoms with Crippen LogP contribution in [0.2, 0.25) is 0 Å². The SMILES string of the molecule is CN1CCn2c1cc(OCc1ccc(Oc3ccc(C#N)c(C(F)(F)F)c3)c(F)c1)nc2=O. The summed E-state index contributed by atoms with van der Waals surface area (Å²) < 4.78 is 66.1. The van der Waals surface area contributed by atoms with Crippen LogP contribution >= 0.6 is 0 Å². The van der Waals surface area contributed by atoms with Crippen molar-refractivity contribution >= 4 is 5.82 Å². The van der Waals surface area contributed by atoms with Gasteiger partial charge in [0.25, 0.3) is 0 Å². The highest BCUT2D eigenvalue weighted by Crippen LogP contribution is 2.35. The van der Waals surface area contributed by atoms with Crippen LogP contribution in [0.5, 0.6) is 17.4 Å². The number of nitriles is 1. The topological polar surface area (TPSA) is 80.4 Å². The number of alkyl halides is 3. The van der Waals surface area contributed by atoms with Gasteiger partial charge in [0, 0.05) is 26.2 Å². The number of likely N-dealkylation sites (N-methyl/N-ethyl adjacent to an activating group) is 1. The minimum Gasteiger partial charge on any atom is -0.473 e. The van der Waals surface area contributed by atoms with E-state index in [4.69, 9.17) is 14.7 Å². The number of nitrogens with zero attached hydrogens (tertiary/aromatic N) is 4. The van der Waals surface area contributed by atoms with E-state index in [1.807, 2.05) is 11.9 Å². The summed E-state index contributed by atoms with van der Waals surface area (Å²) in [6, 6.07) is 9.67. The van der Waals surface area contributed by atoms with Crippen molar-refractivity contribution in [2.24, 2.45) is 0 Å². The molecule has 0 amide bonds. The first kappa shape index (κ1) is 22.1. The molecule has 1 aromatic heterocycles. The summed E-state index contributed by atoms with van der Waals surface area (Å²) >= 11 is 0. The molecule has 2 aromatic carbocycles. The Kier molecular flexibility index (Phi) is 5.68. The van der Waals surface area contributed by atoms with Crippen LogP contribution in [0.25, 0.3) is 0 Å². The number of aromatic nitrogens is 2. The maximum Gasteiger partial charge on any atom is 0.417 e. The molecule has 2 heterocycles. The number of ether oxygens (including phenoxy) is 2. The molecular weight excluding hydrogens is 444 g/mol. The second-order valence-corrected chi connectivity index (χ2v) is 7.28. The molecule has 0 atom stereocenters. The number of anilines is 1. The molecule has 33 heavy (non-hydrogen) atoms. The average molecular weight is 460 g/mol. The maximum atomic E-state index is 14.5. The van der Waals surface area contributed by atoms with Crippen molar-refractivity contribution in [2.45, 2.75) is 19.3 Å². The Hall–Kier alpha value is -4.07. The van der Waals surface area contributed by atoms with E-state index in [-0.39, 0.29) is 24.0 Å². The monoisotopic (exact) mass is 460 g/mol. The second kappa shape index (κ2) is 8.46. The van der Waals surface area contributed by atoms with Crippen molar-refractivity contribution in [1.29, 1.82) is 5.26 Å². The minimum absolute atomic E-state index is 0.0914. The first-order chi connectivity index (χ1) is 15.7. The molecule has 0 spiro atoms. The lowest BCUT2D eigenvalue weighted by molar-refractivity contribution is -0.137. The highest BCUT2D eigenvalue weighted by molar-refractivity contribution is 5.46. The molecule has 1 aliphatic heterocycles. The Bertz CT molecular complexity index is 1310. The zero-order chi connectivity index (χ0) is 23.8. The lowest BCUT2D eigenvalue weighted by Crippen LogP contribution is -2.22. The summed E-state index contributed by atoms with van der Waals surface area (Å²) in [6.45, 7) is 1.12. The van der Waals surface area contributed by atoms with Crippen LogP contribution in [-0.2, 0) is 19.3 Å². The van der Waals surface area contributed by atoms with Gasteiger partial charge in [0.15, 0.2) is 11.6 Å². The van der Waals surface area contributed by atoms with E-state index in [1.165, 1.54) is 22.8 Å². The Balaban J connectivity index is 1.48. The summed E-state index contributed by atoms with van der Waals surface area (Å²) in [7, 11) is 1.83. The number of halogens is 4. The maximum absolute atomic E-state index is 14.5. The van der Waals surface area contributed by atoms with E-state index >= 15 is 0 Å². The fourth-order valence-corrected chi connectivity index (χ4v) is 3.36.